The lowest BCUT2D eigenvalue weighted by Crippen LogP contribution is -2.32. The Morgan fingerprint density at radius 3 is 2.84 bits per heavy atom. The van der Waals surface area contributed by atoms with Crippen LogP contribution in [0, 0.1) is 5.82 Å². The van der Waals surface area contributed by atoms with Crippen molar-refractivity contribution in [2.45, 2.75) is 31.6 Å². The minimum atomic E-state index is -4.55. The molecule has 0 fully saturated rings. The fraction of sp³-hybridized carbons (Fsp3) is 0.238. The fourth-order valence-electron chi connectivity index (χ4n) is 3.89. The highest BCUT2D eigenvalue weighted by atomic mass is 19.4. The molecule has 0 unspecified atom stereocenters. The molecule has 5 rings (SSSR count). The summed E-state index contributed by atoms with van der Waals surface area (Å²) in [5.41, 5.74) is 1.14. The zero-order valence-electron chi connectivity index (χ0n) is 16.5. The predicted molar refractivity (Wildman–Crippen MR) is 105 cm³/mol. The molecule has 7 nitrogen and oxygen atoms in total. The number of halogens is 4. The molecular formula is C21H16F4N6O. The van der Waals surface area contributed by atoms with Crippen LogP contribution in [0.5, 0.6) is 0 Å². The zero-order chi connectivity index (χ0) is 22.5. The Bertz CT molecular complexity index is 1330. The van der Waals surface area contributed by atoms with Crippen LogP contribution in [-0.4, -0.2) is 30.3 Å². The normalized spacial score (nSPS) is 16.2. The van der Waals surface area contributed by atoms with Gasteiger partial charge in [-0.3, -0.25) is 14.5 Å². The smallest absolute Gasteiger partial charge is 0.344 e. The molecule has 1 aliphatic heterocycles. The van der Waals surface area contributed by atoms with E-state index in [1.54, 1.807) is 10.7 Å². The Morgan fingerprint density at radius 1 is 1.19 bits per heavy atom. The number of aryl methyl sites for hydroxylation is 1. The maximum atomic E-state index is 13.4. The van der Waals surface area contributed by atoms with E-state index >= 15 is 0 Å². The van der Waals surface area contributed by atoms with E-state index in [1.807, 2.05) is 0 Å². The molecule has 32 heavy (non-hydrogen) atoms. The van der Waals surface area contributed by atoms with Gasteiger partial charge < -0.3 is 5.32 Å². The molecule has 164 valence electrons. The lowest BCUT2D eigenvalue weighted by atomic mass is 10.0. The third kappa shape index (κ3) is 3.59. The summed E-state index contributed by atoms with van der Waals surface area (Å²) in [5.74, 6) is -0.850. The molecule has 0 aromatic carbocycles. The zero-order valence-corrected chi connectivity index (χ0v) is 16.5. The number of fused-ring (bicyclic) bond motifs is 2. The average Bonchev–Trinajstić information content (AvgIpc) is 3.38. The number of carbonyl (C=O) groups is 1. The van der Waals surface area contributed by atoms with Gasteiger partial charge in [0.15, 0.2) is 0 Å². The highest BCUT2D eigenvalue weighted by Gasteiger charge is 2.33. The number of nitrogens with one attached hydrogen (secondary N) is 1. The van der Waals surface area contributed by atoms with Crippen LogP contribution < -0.4 is 5.32 Å². The summed E-state index contributed by atoms with van der Waals surface area (Å²) in [5, 5.41) is 11.4. The van der Waals surface area contributed by atoms with Crippen molar-refractivity contribution in [2.75, 3.05) is 0 Å². The maximum Gasteiger partial charge on any atom is 0.433 e. The molecular weight excluding hydrogens is 428 g/mol. The van der Waals surface area contributed by atoms with Crippen molar-refractivity contribution in [2.24, 2.45) is 0 Å². The maximum absolute atomic E-state index is 13.4. The minimum absolute atomic E-state index is 0.295. The third-order valence-corrected chi connectivity index (χ3v) is 5.41. The molecule has 4 aromatic rings. The van der Waals surface area contributed by atoms with Gasteiger partial charge in [-0.1, -0.05) is 0 Å². The second kappa shape index (κ2) is 7.43. The molecule has 1 aliphatic rings. The summed E-state index contributed by atoms with van der Waals surface area (Å²) < 4.78 is 55.4. The van der Waals surface area contributed by atoms with E-state index in [1.165, 1.54) is 35.1 Å². The lowest BCUT2D eigenvalue weighted by Gasteiger charge is -2.24. The van der Waals surface area contributed by atoms with Crippen LogP contribution in [0.1, 0.15) is 40.6 Å². The van der Waals surface area contributed by atoms with Crippen LogP contribution in [0.4, 0.5) is 17.6 Å². The number of aromatic nitrogens is 5. The van der Waals surface area contributed by atoms with Gasteiger partial charge in [-0.15, -0.1) is 0 Å². The molecule has 5 heterocycles. The molecule has 1 amide bonds. The van der Waals surface area contributed by atoms with Gasteiger partial charge in [0.05, 0.1) is 40.9 Å². The van der Waals surface area contributed by atoms with Crippen LogP contribution in [0.25, 0.3) is 16.8 Å². The second-order valence-corrected chi connectivity index (χ2v) is 7.51. The Hall–Kier alpha value is -3.76. The number of hydrogen-bond donors (Lipinski definition) is 1. The van der Waals surface area contributed by atoms with Gasteiger partial charge >= 0.3 is 6.18 Å². The Labute approximate surface area is 178 Å². The standard InChI is InChI=1S/C21H16F4N6O/c22-13-3-4-17-14(10-27-31(17)11-13)20(32)28-15-2-1-7-30-18(15)9-16(29-30)12-5-6-26-19(8-12)21(23,24)25/h3-6,8-11,15H,1-2,7H2,(H,28,32)/t15-/m0/s1. The Morgan fingerprint density at radius 2 is 2.03 bits per heavy atom. The summed E-state index contributed by atoms with van der Waals surface area (Å²) in [6, 6.07) is 6.46. The Kier molecular flexibility index (Phi) is 4.68. The predicted octanol–water partition coefficient (Wildman–Crippen LogP) is 4.02. The second-order valence-electron chi connectivity index (χ2n) is 7.51. The van der Waals surface area contributed by atoms with E-state index < -0.39 is 17.7 Å². The van der Waals surface area contributed by atoms with Gasteiger partial charge in [0.2, 0.25) is 0 Å². The fourth-order valence-corrected chi connectivity index (χ4v) is 3.89. The average molecular weight is 444 g/mol. The van der Waals surface area contributed by atoms with Crippen molar-refractivity contribution >= 4 is 11.4 Å². The largest absolute Gasteiger partial charge is 0.433 e. The summed E-state index contributed by atoms with van der Waals surface area (Å²) in [7, 11) is 0. The van der Waals surface area contributed by atoms with E-state index in [0.29, 0.717) is 41.0 Å². The molecule has 0 spiro atoms. The van der Waals surface area contributed by atoms with Crippen LogP contribution in [0.15, 0.2) is 48.9 Å². The number of alkyl halides is 3. The first-order chi connectivity index (χ1) is 15.3. The van der Waals surface area contributed by atoms with E-state index in [4.69, 9.17) is 0 Å². The number of nitrogens with zero attached hydrogens (tertiary/aromatic N) is 5. The molecule has 4 aromatic heterocycles. The van der Waals surface area contributed by atoms with Gasteiger partial charge in [0.1, 0.15) is 11.5 Å². The monoisotopic (exact) mass is 444 g/mol. The van der Waals surface area contributed by atoms with Gasteiger partial charge in [-0.2, -0.15) is 23.4 Å². The number of hydrogen-bond acceptors (Lipinski definition) is 4. The molecule has 0 saturated heterocycles. The molecule has 11 heteroatoms. The minimum Gasteiger partial charge on any atom is -0.344 e. The van der Waals surface area contributed by atoms with Crippen LogP contribution in [0.2, 0.25) is 0 Å². The van der Waals surface area contributed by atoms with E-state index in [0.717, 1.165) is 18.7 Å². The van der Waals surface area contributed by atoms with Crippen molar-refractivity contribution < 1.29 is 22.4 Å². The summed E-state index contributed by atoms with van der Waals surface area (Å²) >= 11 is 0. The Balaban J connectivity index is 1.43. The highest BCUT2D eigenvalue weighted by molar-refractivity contribution is 6.00. The third-order valence-electron chi connectivity index (χ3n) is 5.41. The molecule has 0 saturated carbocycles. The van der Waals surface area contributed by atoms with Crippen LogP contribution in [-0.2, 0) is 12.7 Å². The van der Waals surface area contributed by atoms with E-state index in [-0.39, 0.29) is 11.9 Å². The van der Waals surface area contributed by atoms with Crippen molar-refractivity contribution in [1.82, 2.24) is 29.7 Å². The molecule has 0 radical (unpaired) electrons. The van der Waals surface area contributed by atoms with E-state index in [9.17, 15) is 22.4 Å². The molecule has 0 aliphatic carbocycles. The van der Waals surface area contributed by atoms with Gasteiger partial charge in [0, 0.05) is 18.3 Å². The molecule has 1 N–H and O–H groups in total. The number of rotatable bonds is 3. The first kappa shape index (κ1) is 20.2. The highest BCUT2D eigenvalue weighted by Crippen LogP contribution is 2.33. The van der Waals surface area contributed by atoms with Gasteiger partial charge in [-0.05, 0) is 43.2 Å². The van der Waals surface area contributed by atoms with Crippen molar-refractivity contribution in [3.8, 4) is 11.3 Å². The van der Waals surface area contributed by atoms with Crippen molar-refractivity contribution in [3.05, 3.63) is 71.7 Å². The molecule has 1 atom stereocenters. The number of amides is 1. The number of pyridine rings is 2. The molecule has 0 bridgehead atoms. The van der Waals surface area contributed by atoms with Gasteiger partial charge in [-0.25, -0.2) is 8.91 Å². The van der Waals surface area contributed by atoms with Crippen molar-refractivity contribution in [3.63, 3.8) is 0 Å². The van der Waals surface area contributed by atoms with Crippen LogP contribution in [0.3, 0.4) is 0 Å². The topological polar surface area (TPSA) is 77.1 Å². The SMILES string of the molecule is O=C(N[C@H]1CCCn2nc(-c3ccnc(C(F)(F)F)c3)cc21)c1cnn2cc(F)ccc12. The van der Waals surface area contributed by atoms with Crippen LogP contribution >= 0.6 is 0 Å². The van der Waals surface area contributed by atoms with Crippen molar-refractivity contribution in [1.29, 1.82) is 0 Å². The van der Waals surface area contributed by atoms with Gasteiger partial charge in [0.25, 0.3) is 5.91 Å². The first-order valence-corrected chi connectivity index (χ1v) is 9.85. The quantitative estimate of drug-likeness (QED) is 0.485. The summed E-state index contributed by atoms with van der Waals surface area (Å²) in [6.45, 7) is 0.592. The summed E-state index contributed by atoms with van der Waals surface area (Å²) in [4.78, 5) is 16.3. The summed E-state index contributed by atoms with van der Waals surface area (Å²) in [6.07, 6.45) is 0.480. The number of carbonyl (C=O) groups excluding carboxylic acids is 1. The first-order valence-electron chi connectivity index (χ1n) is 9.85. The lowest BCUT2D eigenvalue weighted by molar-refractivity contribution is -0.141. The van der Waals surface area contributed by atoms with E-state index in [2.05, 4.69) is 20.5 Å².